The maximum atomic E-state index is 12.0. The van der Waals surface area contributed by atoms with Gasteiger partial charge >= 0.3 is 5.97 Å². The van der Waals surface area contributed by atoms with Crippen molar-refractivity contribution < 1.29 is 19.2 Å². The molecule has 0 bridgehead atoms. The summed E-state index contributed by atoms with van der Waals surface area (Å²) in [5, 5.41) is 1.57. The van der Waals surface area contributed by atoms with E-state index in [1.807, 2.05) is 18.2 Å². The summed E-state index contributed by atoms with van der Waals surface area (Å²) in [5.41, 5.74) is 1.47. The summed E-state index contributed by atoms with van der Waals surface area (Å²) in [7, 11) is 0. The Bertz CT molecular complexity index is 876. The first kappa shape index (κ1) is 17.8. The second-order valence-electron chi connectivity index (χ2n) is 5.43. The van der Waals surface area contributed by atoms with Gasteiger partial charge in [-0.25, -0.2) is 9.79 Å². The number of hydrogen-bond donors (Lipinski definition) is 0. The van der Waals surface area contributed by atoms with Gasteiger partial charge in [-0.15, -0.1) is 0 Å². The second kappa shape index (κ2) is 7.95. The zero-order valence-corrected chi connectivity index (χ0v) is 14.6. The molecule has 7 heteroatoms. The summed E-state index contributed by atoms with van der Waals surface area (Å²) >= 11 is 5.84. The molecule has 1 aliphatic rings. The molecule has 0 aliphatic carbocycles. The zero-order chi connectivity index (χ0) is 18.5. The smallest absolute Gasteiger partial charge is 0.365 e. The molecular weight excluding hydrogens is 356 g/mol. The van der Waals surface area contributed by atoms with Gasteiger partial charge < -0.3 is 4.74 Å². The number of halogens is 1. The fourth-order valence-corrected chi connectivity index (χ4v) is 2.28. The summed E-state index contributed by atoms with van der Waals surface area (Å²) in [4.78, 5) is 33.4. The van der Waals surface area contributed by atoms with Crippen LogP contribution in [0.5, 0.6) is 0 Å². The highest BCUT2D eigenvalue weighted by molar-refractivity contribution is 6.30. The molecule has 0 saturated carbocycles. The molecular formula is C19H15ClN2O4. The average molecular weight is 371 g/mol. The number of ether oxygens (including phenoxy) is 1. The van der Waals surface area contributed by atoms with Crippen LogP contribution in [0.1, 0.15) is 18.1 Å². The normalized spacial score (nSPS) is 14.9. The van der Waals surface area contributed by atoms with Gasteiger partial charge in [-0.2, -0.15) is 5.06 Å². The van der Waals surface area contributed by atoms with Crippen molar-refractivity contribution >= 4 is 29.4 Å². The van der Waals surface area contributed by atoms with Crippen molar-refractivity contribution in [3.8, 4) is 0 Å². The fourth-order valence-electron chi connectivity index (χ4n) is 2.16. The van der Waals surface area contributed by atoms with Gasteiger partial charge in [-0.05, 0) is 29.8 Å². The Kier molecular flexibility index (Phi) is 5.46. The molecule has 0 unspecified atom stereocenters. The van der Waals surface area contributed by atoms with Crippen molar-refractivity contribution in [1.29, 1.82) is 0 Å². The molecule has 0 spiro atoms. The van der Waals surface area contributed by atoms with E-state index in [0.717, 1.165) is 10.6 Å². The fraction of sp³-hybridized carbons (Fsp3) is 0.105. The molecule has 0 radical (unpaired) electrons. The quantitative estimate of drug-likeness (QED) is 0.459. The third-order valence-corrected chi connectivity index (χ3v) is 3.73. The molecule has 6 nitrogen and oxygen atoms in total. The van der Waals surface area contributed by atoms with Crippen molar-refractivity contribution in [2.75, 3.05) is 0 Å². The number of esters is 1. The monoisotopic (exact) mass is 370 g/mol. The lowest BCUT2D eigenvalue weighted by atomic mass is 10.2. The van der Waals surface area contributed by atoms with Gasteiger partial charge in [0, 0.05) is 17.5 Å². The van der Waals surface area contributed by atoms with Crippen molar-refractivity contribution in [1.82, 2.24) is 5.06 Å². The van der Waals surface area contributed by atoms with Gasteiger partial charge in [0.2, 0.25) is 11.8 Å². The van der Waals surface area contributed by atoms with Gasteiger partial charge in [0.05, 0.1) is 6.20 Å². The molecule has 2 aromatic rings. The second-order valence-corrected chi connectivity index (χ2v) is 5.87. The van der Waals surface area contributed by atoms with Crippen LogP contribution in [0, 0.1) is 0 Å². The maximum Gasteiger partial charge on any atom is 0.365 e. The lowest BCUT2D eigenvalue weighted by Gasteiger charge is -2.16. The van der Waals surface area contributed by atoms with Crippen LogP contribution < -0.4 is 0 Å². The largest absolute Gasteiger partial charge is 0.402 e. The van der Waals surface area contributed by atoms with E-state index in [4.69, 9.17) is 21.2 Å². The highest BCUT2D eigenvalue weighted by atomic mass is 35.5. The summed E-state index contributed by atoms with van der Waals surface area (Å²) in [6.45, 7) is 1.45. The Morgan fingerprint density at radius 3 is 2.54 bits per heavy atom. The lowest BCUT2D eigenvalue weighted by Crippen LogP contribution is -2.24. The molecule has 0 fully saturated rings. The van der Waals surface area contributed by atoms with Crippen LogP contribution in [0.2, 0.25) is 5.02 Å². The maximum absolute atomic E-state index is 12.0. The molecule has 0 saturated heterocycles. The Morgan fingerprint density at radius 2 is 1.88 bits per heavy atom. The Hall–Kier alpha value is -2.96. The summed E-state index contributed by atoms with van der Waals surface area (Å²) in [6.07, 6.45) is 1.22. The Balaban J connectivity index is 1.75. The van der Waals surface area contributed by atoms with E-state index < -0.39 is 11.9 Å². The third kappa shape index (κ3) is 4.36. The van der Waals surface area contributed by atoms with Crippen molar-refractivity contribution in [3.05, 3.63) is 82.6 Å². The summed E-state index contributed by atoms with van der Waals surface area (Å²) in [6, 6.07) is 16.0. The van der Waals surface area contributed by atoms with Crippen LogP contribution in [0.15, 0.2) is 71.5 Å². The van der Waals surface area contributed by atoms with Gasteiger partial charge in [0.25, 0.3) is 0 Å². The van der Waals surface area contributed by atoms with Crippen molar-refractivity contribution in [2.45, 2.75) is 13.5 Å². The van der Waals surface area contributed by atoms with Crippen LogP contribution in [0.3, 0.4) is 0 Å². The van der Waals surface area contributed by atoms with E-state index in [-0.39, 0.29) is 18.2 Å². The number of hydrogen-bond acceptors (Lipinski definition) is 5. The molecule has 3 rings (SSSR count). The molecule has 1 heterocycles. The number of nitrogens with zero attached hydrogens (tertiary/aromatic N) is 2. The molecule has 1 aliphatic heterocycles. The SMILES string of the molecule is CC(=O)N(/C=C1\N=C(c2ccccc2)OC1=O)OCc1ccc(Cl)cc1. The minimum atomic E-state index is -0.648. The third-order valence-electron chi connectivity index (χ3n) is 3.47. The minimum Gasteiger partial charge on any atom is -0.402 e. The van der Waals surface area contributed by atoms with E-state index in [1.54, 1.807) is 36.4 Å². The highest BCUT2D eigenvalue weighted by Gasteiger charge is 2.25. The van der Waals surface area contributed by atoms with Crippen molar-refractivity contribution in [2.24, 2.45) is 4.99 Å². The molecule has 0 N–H and O–H groups in total. The number of aliphatic imine (C=N–C) groups is 1. The van der Waals surface area contributed by atoms with E-state index >= 15 is 0 Å². The lowest BCUT2D eigenvalue weighted by molar-refractivity contribution is -0.172. The standard InChI is InChI=1S/C19H15ClN2O4/c1-13(23)22(25-12-14-7-9-16(20)10-8-14)11-17-19(24)26-18(21-17)15-5-3-2-4-6-15/h2-11H,12H2,1H3/b17-11-. The predicted octanol–water partition coefficient (Wildman–Crippen LogP) is 3.47. The van der Waals surface area contributed by atoms with Gasteiger partial charge in [-0.1, -0.05) is 41.9 Å². The number of rotatable bonds is 5. The highest BCUT2D eigenvalue weighted by Crippen LogP contribution is 2.18. The number of carbonyl (C=O) groups excluding carboxylic acids is 2. The predicted molar refractivity (Wildman–Crippen MR) is 95.9 cm³/mol. The van der Waals surface area contributed by atoms with Crippen LogP contribution in [0.25, 0.3) is 0 Å². The van der Waals surface area contributed by atoms with Crippen LogP contribution in [0.4, 0.5) is 0 Å². The van der Waals surface area contributed by atoms with Gasteiger partial charge in [0.15, 0.2) is 5.70 Å². The van der Waals surface area contributed by atoms with Crippen molar-refractivity contribution in [3.63, 3.8) is 0 Å². The zero-order valence-electron chi connectivity index (χ0n) is 13.9. The van der Waals surface area contributed by atoms with Gasteiger partial charge in [-0.3, -0.25) is 9.63 Å². The van der Waals surface area contributed by atoms with E-state index in [2.05, 4.69) is 4.99 Å². The molecule has 26 heavy (non-hydrogen) atoms. The molecule has 132 valence electrons. The van der Waals surface area contributed by atoms with Crippen LogP contribution >= 0.6 is 11.6 Å². The number of amides is 1. The van der Waals surface area contributed by atoms with Crippen LogP contribution in [-0.4, -0.2) is 22.8 Å². The van der Waals surface area contributed by atoms with Crippen LogP contribution in [-0.2, 0) is 25.8 Å². The molecule has 0 atom stereocenters. The first-order valence-electron chi connectivity index (χ1n) is 7.78. The molecule has 2 aromatic carbocycles. The first-order chi connectivity index (χ1) is 12.5. The average Bonchev–Trinajstić information content (AvgIpc) is 3.01. The number of carbonyl (C=O) groups is 2. The van der Waals surface area contributed by atoms with E-state index in [9.17, 15) is 9.59 Å². The Labute approximate surface area is 155 Å². The Morgan fingerprint density at radius 1 is 1.19 bits per heavy atom. The summed E-state index contributed by atoms with van der Waals surface area (Å²) < 4.78 is 5.15. The molecule has 1 amide bonds. The van der Waals surface area contributed by atoms with Gasteiger partial charge in [0.1, 0.15) is 6.61 Å². The number of hydroxylamine groups is 2. The molecule has 0 aromatic heterocycles. The number of benzene rings is 2. The topological polar surface area (TPSA) is 68.2 Å². The first-order valence-corrected chi connectivity index (χ1v) is 8.16. The van der Waals surface area contributed by atoms with E-state index in [0.29, 0.717) is 10.6 Å². The van der Waals surface area contributed by atoms with E-state index in [1.165, 1.54) is 13.1 Å². The number of cyclic esters (lactones) is 1. The minimum absolute atomic E-state index is 0.0184. The summed E-state index contributed by atoms with van der Waals surface area (Å²) in [5.74, 6) is -0.865.